The second-order valence-electron chi connectivity index (χ2n) is 7.13. The van der Waals surface area contributed by atoms with Crippen LogP contribution < -0.4 is 10.1 Å². The molecule has 21 heavy (non-hydrogen) atoms. The lowest BCUT2D eigenvalue weighted by molar-refractivity contribution is -0.118. The van der Waals surface area contributed by atoms with Crippen molar-refractivity contribution in [3.8, 4) is 5.75 Å². The number of hydrogen-bond acceptors (Lipinski definition) is 3. The molecule has 116 valence electrons. The second kappa shape index (κ2) is 6.29. The zero-order chi connectivity index (χ0) is 16.3. The van der Waals surface area contributed by atoms with E-state index in [1.165, 1.54) is 0 Å². The largest absolute Gasteiger partial charge is 0.497 e. The SMILES string of the molecule is COc1ccc(C(=O)C(=O)NC(C)(C)CC(C)(C)C)cc1. The molecule has 1 aromatic carbocycles. The van der Waals surface area contributed by atoms with Gasteiger partial charge >= 0.3 is 0 Å². The average Bonchev–Trinajstić information content (AvgIpc) is 2.34. The van der Waals surface area contributed by atoms with Crippen molar-refractivity contribution in [2.45, 2.75) is 46.6 Å². The number of ketones is 1. The van der Waals surface area contributed by atoms with Crippen LogP contribution in [0.5, 0.6) is 5.75 Å². The van der Waals surface area contributed by atoms with Crippen molar-refractivity contribution in [1.29, 1.82) is 0 Å². The lowest BCUT2D eigenvalue weighted by Gasteiger charge is -2.33. The third kappa shape index (κ3) is 5.58. The molecular weight excluding hydrogens is 266 g/mol. The number of methoxy groups -OCH3 is 1. The number of benzene rings is 1. The molecule has 0 bridgehead atoms. The first-order chi connectivity index (χ1) is 9.54. The smallest absolute Gasteiger partial charge is 0.292 e. The van der Waals surface area contributed by atoms with Crippen molar-refractivity contribution in [2.75, 3.05) is 7.11 Å². The molecule has 0 unspecified atom stereocenters. The van der Waals surface area contributed by atoms with Crippen molar-refractivity contribution in [3.05, 3.63) is 29.8 Å². The Morgan fingerprint density at radius 1 is 1.05 bits per heavy atom. The van der Waals surface area contributed by atoms with Gasteiger partial charge in [0.25, 0.3) is 5.91 Å². The summed E-state index contributed by atoms with van der Waals surface area (Å²) in [5.74, 6) is -0.450. The Morgan fingerprint density at radius 2 is 1.57 bits per heavy atom. The van der Waals surface area contributed by atoms with Gasteiger partial charge in [-0.05, 0) is 49.9 Å². The summed E-state index contributed by atoms with van der Waals surface area (Å²) in [6.45, 7) is 10.2. The lowest BCUT2D eigenvalue weighted by Crippen LogP contribution is -2.48. The molecule has 0 saturated heterocycles. The van der Waals surface area contributed by atoms with E-state index in [4.69, 9.17) is 4.74 Å². The standard InChI is InChI=1S/C17H25NO3/c1-16(2,3)11-17(4,5)18-15(20)14(19)12-7-9-13(21-6)10-8-12/h7-10H,11H2,1-6H3,(H,18,20). The maximum Gasteiger partial charge on any atom is 0.292 e. The molecule has 0 spiro atoms. The Kier molecular flexibility index (Phi) is 5.15. The summed E-state index contributed by atoms with van der Waals surface area (Å²) in [6, 6.07) is 6.52. The van der Waals surface area contributed by atoms with Gasteiger partial charge in [0.1, 0.15) is 5.75 Å². The topological polar surface area (TPSA) is 55.4 Å². The van der Waals surface area contributed by atoms with Crippen LogP contribution in [0, 0.1) is 5.41 Å². The van der Waals surface area contributed by atoms with Crippen molar-refractivity contribution in [2.24, 2.45) is 5.41 Å². The Balaban J connectivity index is 2.76. The Bertz CT molecular complexity index is 510. The number of rotatable bonds is 5. The minimum atomic E-state index is -0.575. The van der Waals surface area contributed by atoms with Crippen LogP contribution in [-0.2, 0) is 4.79 Å². The first-order valence-corrected chi connectivity index (χ1v) is 7.05. The number of amides is 1. The van der Waals surface area contributed by atoms with Gasteiger partial charge in [0.2, 0.25) is 5.78 Å². The molecule has 4 heteroatoms. The highest BCUT2D eigenvalue weighted by atomic mass is 16.5. The van der Waals surface area contributed by atoms with Gasteiger partial charge in [-0.15, -0.1) is 0 Å². The van der Waals surface area contributed by atoms with E-state index in [0.717, 1.165) is 6.42 Å². The van der Waals surface area contributed by atoms with Gasteiger partial charge in [-0.2, -0.15) is 0 Å². The van der Waals surface area contributed by atoms with Gasteiger partial charge in [-0.1, -0.05) is 20.8 Å². The van der Waals surface area contributed by atoms with Crippen LogP contribution >= 0.6 is 0 Å². The molecule has 4 nitrogen and oxygen atoms in total. The summed E-state index contributed by atoms with van der Waals surface area (Å²) in [5.41, 5.74) is -0.00271. The van der Waals surface area contributed by atoms with Crippen LogP contribution in [-0.4, -0.2) is 24.3 Å². The number of carbonyl (C=O) groups excluding carboxylic acids is 2. The number of Topliss-reactive ketones (excluding diaryl/α,β-unsaturated/α-hetero) is 1. The highest BCUT2D eigenvalue weighted by molar-refractivity contribution is 6.42. The molecule has 0 fully saturated rings. The van der Waals surface area contributed by atoms with Crippen LogP contribution in [0.1, 0.15) is 51.4 Å². The van der Waals surface area contributed by atoms with Gasteiger partial charge in [0.15, 0.2) is 0 Å². The first kappa shape index (κ1) is 17.2. The van der Waals surface area contributed by atoms with E-state index in [-0.39, 0.29) is 5.41 Å². The average molecular weight is 291 g/mol. The predicted octanol–water partition coefficient (Wildman–Crippen LogP) is 3.21. The number of carbonyl (C=O) groups is 2. The predicted molar refractivity (Wildman–Crippen MR) is 83.6 cm³/mol. The number of ether oxygens (including phenoxy) is 1. The molecule has 0 aliphatic heterocycles. The number of nitrogens with one attached hydrogen (secondary N) is 1. The molecule has 0 aromatic heterocycles. The zero-order valence-corrected chi connectivity index (χ0v) is 13.7. The van der Waals surface area contributed by atoms with E-state index >= 15 is 0 Å². The molecule has 0 atom stereocenters. The molecule has 1 rings (SSSR count). The maximum absolute atomic E-state index is 12.1. The zero-order valence-electron chi connectivity index (χ0n) is 13.7. The Labute approximate surface area is 126 Å². The highest BCUT2D eigenvalue weighted by Gasteiger charge is 2.29. The van der Waals surface area contributed by atoms with E-state index in [1.807, 2.05) is 13.8 Å². The molecule has 1 amide bonds. The molecule has 0 radical (unpaired) electrons. The first-order valence-electron chi connectivity index (χ1n) is 7.05. The summed E-state index contributed by atoms with van der Waals surface area (Å²) >= 11 is 0. The Morgan fingerprint density at radius 3 is 2.00 bits per heavy atom. The van der Waals surface area contributed by atoms with Gasteiger partial charge in [0, 0.05) is 11.1 Å². The third-order valence-corrected chi connectivity index (χ3v) is 2.98. The molecule has 1 aromatic rings. The quantitative estimate of drug-likeness (QED) is 0.669. The second-order valence-corrected chi connectivity index (χ2v) is 7.13. The van der Waals surface area contributed by atoms with E-state index in [2.05, 4.69) is 26.1 Å². The highest BCUT2D eigenvalue weighted by Crippen LogP contribution is 2.26. The lowest BCUT2D eigenvalue weighted by atomic mass is 9.81. The normalized spacial score (nSPS) is 11.9. The summed E-state index contributed by atoms with van der Waals surface area (Å²) in [7, 11) is 1.55. The van der Waals surface area contributed by atoms with Crippen LogP contribution in [0.25, 0.3) is 0 Å². The maximum atomic E-state index is 12.1. The fourth-order valence-corrected chi connectivity index (χ4v) is 2.61. The minimum absolute atomic E-state index is 0.0694. The minimum Gasteiger partial charge on any atom is -0.497 e. The fraction of sp³-hybridized carbons (Fsp3) is 0.529. The van der Waals surface area contributed by atoms with Crippen LogP contribution in [0.3, 0.4) is 0 Å². The third-order valence-electron chi connectivity index (χ3n) is 2.98. The van der Waals surface area contributed by atoms with Gasteiger partial charge < -0.3 is 10.1 Å². The molecule has 0 saturated carbocycles. The molecule has 0 aliphatic rings. The van der Waals surface area contributed by atoms with E-state index in [9.17, 15) is 9.59 Å². The van der Waals surface area contributed by atoms with Crippen molar-refractivity contribution in [3.63, 3.8) is 0 Å². The van der Waals surface area contributed by atoms with Gasteiger partial charge in [0.05, 0.1) is 7.11 Å². The van der Waals surface area contributed by atoms with Gasteiger partial charge in [-0.25, -0.2) is 0 Å². The summed E-state index contributed by atoms with van der Waals surface area (Å²) in [5, 5.41) is 2.82. The fourth-order valence-electron chi connectivity index (χ4n) is 2.61. The van der Waals surface area contributed by atoms with Crippen molar-refractivity contribution < 1.29 is 14.3 Å². The monoisotopic (exact) mass is 291 g/mol. The molecular formula is C17H25NO3. The van der Waals surface area contributed by atoms with Crippen LogP contribution in [0.15, 0.2) is 24.3 Å². The molecule has 0 aliphatic carbocycles. The van der Waals surface area contributed by atoms with Crippen molar-refractivity contribution >= 4 is 11.7 Å². The van der Waals surface area contributed by atoms with Gasteiger partial charge in [-0.3, -0.25) is 9.59 Å². The summed E-state index contributed by atoms with van der Waals surface area (Å²) in [4.78, 5) is 24.2. The number of hydrogen-bond donors (Lipinski definition) is 1. The molecule has 1 N–H and O–H groups in total. The van der Waals surface area contributed by atoms with Crippen LogP contribution in [0.2, 0.25) is 0 Å². The molecule has 0 heterocycles. The van der Waals surface area contributed by atoms with E-state index < -0.39 is 17.2 Å². The summed E-state index contributed by atoms with van der Waals surface area (Å²) in [6.07, 6.45) is 0.779. The van der Waals surface area contributed by atoms with Crippen LogP contribution in [0.4, 0.5) is 0 Å². The van der Waals surface area contributed by atoms with E-state index in [0.29, 0.717) is 11.3 Å². The van der Waals surface area contributed by atoms with Crippen molar-refractivity contribution in [1.82, 2.24) is 5.32 Å². The Hall–Kier alpha value is -1.84. The summed E-state index contributed by atoms with van der Waals surface area (Å²) < 4.78 is 5.03. The van der Waals surface area contributed by atoms with E-state index in [1.54, 1.807) is 31.4 Å².